The van der Waals surface area contributed by atoms with E-state index in [1.807, 2.05) is 11.8 Å². The maximum absolute atomic E-state index is 12.4. The Bertz CT molecular complexity index is 592. The third kappa shape index (κ3) is 5.03. The van der Waals surface area contributed by atoms with E-state index < -0.39 is 5.97 Å². The molecule has 2 amide bonds. The van der Waals surface area contributed by atoms with Crippen molar-refractivity contribution in [2.75, 3.05) is 57.2 Å². The van der Waals surface area contributed by atoms with Crippen molar-refractivity contribution < 1.29 is 14.3 Å². The highest BCUT2D eigenvalue weighted by atomic mass is 35.5. The molecule has 0 bridgehead atoms. The minimum absolute atomic E-state index is 0.169. The van der Waals surface area contributed by atoms with Crippen LogP contribution in [0.5, 0.6) is 0 Å². The molecule has 0 spiro atoms. The van der Waals surface area contributed by atoms with Gasteiger partial charge in [-0.1, -0.05) is 11.6 Å². The first-order valence-corrected chi connectivity index (χ1v) is 9.47. The van der Waals surface area contributed by atoms with Crippen LogP contribution < -0.4 is 5.32 Å². The number of methoxy groups -OCH3 is 1. The van der Waals surface area contributed by atoms with Crippen LogP contribution in [0.4, 0.5) is 10.5 Å². The number of hydrogen-bond donors (Lipinski definition) is 1. The lowest BCUT2D eigenvalue weighted by Crippen LogP contribution is -2.50. The smallest absolute Gasteiger partial charge is 0.339 e. The highest BCUT2D eigenvalue weighted by molar-refractivity contribution is 7.98. The van der Waals surface area contributed by atoms with Gasteiger partial charge in [0, 0.05) is 44.2 Å². The molecule has 0 aliphatic carbocycles. The predicted octanol–water partition coefficient (Wildman–Crippen LogP) is 2.64. The van der Waals surface area contributed by atoms with Gasteiger partial charge in [-0.15, -0.1) is 0 Å². The molecule has 132 valence electrons. The number of hydrogen-bond acceptors (Lipinski definition) is 5. The second-order valence-corrected chi connectivity index (χ2v) is 6.83. The molecule has 1 aromatic rings. The molecular formula is C16H22ClN3O3S. The van der Waals surface area contributed by atoms with Crippen LogP contribution in [0.25, 0.3) is 0 Å². The van der Waals surface area contributed by atoms with Crippen molar-refractivity contribution in [2.24, 2.45) is 0 Å². The molecule has 1 aliphatic rings. The Morgan fingerprint density at radius 2 is 2.00 bits per heavy atom. The largest absolute Gasteiger partial charge is 0.465 e. The third-order valence-electron chi connectivity index (χ3n) is 3.89. The van der Waals surface area contributed by atoms with Gasteiger partial charge in [-0.25, -0.2) is 9.59 Å². The van der Waals surface area contributed by atoms with Crippen molar-refractivity contribution in [3.05, 3.63) is 28.8 Å². The normalized spacial score (nSPS) is 15.2. The first-order valence-electron chi connectivity index (χ1n) is 7.70. The lowest BCUT2D eigenvalue weighted by Gasteiger charge is -2.34. The molecule has 1 aromatic carbocycles. The number of halogens is 1. The van der Waals surface area contributed by atoms with Crippen LogP contribution in [0.3, 0.4) is 0 Å². The molecule has 1 fully saturated rings. The number of carbonyl (C=O) groups is 2. The van der Waals surface area contributed by atoms with E-state index >= 15 is 0 Å². The highest BCUT2D eigenvalue weighted by Crippen LogP contribution is 2.21. The predicted molar refractivity (Wildman–Crippen MR) is 98.2 cm³/mol. The number of benzene rings is 1. The zero-order valence-corrected chi connectivity index (χ0v) is 15.5. The SMILES string of the molecule is COC(=O)c1cc(NC(=O)N2CCN(CCSC)CC2)ccc1Cl. The Kier molecular flexibility index (Phi) is 7.20. The molecule has 0 radical (unpaired) electrons. The van der Waals surface area contributed by atoms with E-state index in [1.165, 1.54) is 13.2 Å². The summed E-state index contributed by atoms with van der Waals surface area (Å²) in [6.45, 7) is 4.19. The second kappa shape index (κ2) is 9.15. The van der Waals surface area contributed by atoms with Crippen molar-refractivity contribution in [1.82, 2.24) is 9.80 Å². The minimum atomic E-state index is -0.529. The topological polar surface area (TPSA) is 61.9 Å². The Labute approximate surface area is 151 Å². The lowest BCUT2D eigenvalue weighted by atomic mass is 10.2. The summed E-state index contributed by atoms with van der Waals surface area (Å²) in [6, 6.07) is 4.60. The summed E-state index contributed by atoms with van der Waals surface area (Å²) >= 11 is 7.81. The maximum Gasteiger partial charge on any atom is 0.339 e. The fourth-order valence-corrected chi connectivity index (χ4v) is 3.10. The van der Waals surface area contributed by atoms with Gasteiger partial charge in [0.05, 0.1) is 17.7 Å². The van der Waals surface area contributed by atoms with E-state index in [0.29, 0.717) is 23.8 Å². The number of urea groups is 1. The van der Waals surface area contributed by atoms with Crippen LogP contribution in [0.2, 0.25) is 5.02 Å². The molecule has 0 unspecified atom stereocenters. The van der Waals surface area contributed by atoms with Gasteiger partial charge in [-0.3, -0.25) is 4.90 Å². The number of piperazine rings is 1. The molecule has 8 heteroatoms. The number of nitrogens with zero attached hydrogens (tertiary/aromatic N) is 2. The van der Waals surface area contributed by atoms with Crippen LogP contribution in [0.1, 0.15) is 10.4 Å². The Balaban J connectivity index is 1.92. The van der Waals surface area contributed by atoms with E-state index in [9.17, 15) is 9.59 Å². The van der Waals surface area contributed by atoms with Gasteiger partial charge in [0.25, 0.3) is 0 Å². The summed E-state index contributed by atoms with van der Waals surface area (Å²) in [5.41, 5.74) is 0.758. The molecule has 1 heterocycles. The first-order chi connectivity index (χ1) is 11.5. The second-order valence-electron chi connectivity index (χ2n) is 5.44. The van der Waals surface area contributed by atoms with Crippen LogP contribution in [0.15, 0.2) is 18.2 Å². The fraction of sp³-hybridized carbons (Fsp3) is 0.500. The minimum Gasteiger partial charge on any atom is -0.465 e. The van der Waals surface area contributed by atoms with Gasteiger partial charge in [-0.2, -0.15) is 11.8 Å². The first kappa shape index (κ1) is 18.9. The van der Waals surface area contributed by atoms with Crippen LogP contribution in [0, 0.1) is 0 Å². The standard InChI is InChI=1S/C16H22ClN3O3S/c1-23-15(21)13-11-12(3-4-14(13)17)18-16(22)20-7-5-19(6-8-20)9-10-24-2/h3-4,11H,5-10H2,1-2H3,(H,18,22). The van der Waals surface area contributed by atoms with Crippen molar-refractivity contribution in [2.45, 2.75) is 0 Å². The highest BCUT2D eigenvalue weighted by Gasteiger charge is 2.21. The monoisotopic (exact) mass is 371 g/mol. The zero-order valence-electron chi connectivity index (χ0n) is 13.9. The van der Waals surface area contributed by atoms with Crippen molar-refractivity contribution >= 4 is 41.1 Å². The van der Waals surface area contributed by atoms with E-state index in [-0.39, 0.29) is 11.6 Å². The molecule has 1 N–H and O–H groups in total. The molecule has 1 aliphatic heterocycles. The maximum atomic E-state index is 12.4. The number of nitrogens with one attached hydrogen (secondary N) is 1. The average Bonchev–Trinajstić information content (AvgIpc) is 2.61. The summed E-state index contributed by atoms with van der Waals surface area (Å²) in [5, 5.41) is 3.11. The molecule has 0 aromatic heterocycles. The summed E-state index contributed by atoms with van der Waals surface area (Å²) in [5.74, 6) is 0.575. The molecule has 24 heavy (non-hydrogen) atoms. The van der Waals surface area contributed by atoms with Gasteiger partial charge in [-0.05, 0) is 24.5 Å². The quantitative estimate of drug-likeness (QED) is 0.806. The molecule has 2 rings (SSSR count). The number of esters is 1. The lowest BCUT2D eigenvalue weighted by molar-refractivity contribution is 0.0601. The van der Waals surface area contributed by atoms with E-state index in [2.05, 4.69) is 21.2 Å². The Hall–Kier alpha value is -1.44. The molecule has 6 nitrogen and oxygen atoms in total. The number of rotatable bonds is 5. The van der Waals surface area contributed by atoms with Gasteiger partial charge < -0.3 is 15.0 Å². The summed E-state index contributed by atoms with van der Waals surface area (Å²) in [6.07, 6.45) is 2.10. The van der Waals surface area contributed by atoms with Crippen LogP contribution in [-0.4, -0.2) is 73.6 Å². The van der Waals surface area contributed by atoms with Gasteiger partial charge in [0.15, 0.2) is 0 Å². The van der Waals surface area contributed by atoms with Gasteiger partial charge in [0.2, 0.25) is 0 Å². The summed E-state index contributed by atoms with van der Waals surface area (Å²) in [4.78, 5) is 28.2. The number of ether oxygens (including phenoxy) is 1. The van der Waals surface area contributed by atoms with E-state index in [1.54, 1.807) is 17.0 Å². The Morgan fingerprint density at radius 1 is 1.29 bits per heavy atom. The molecule has 0 atom stereocenters. The van der Waals surface area contributed by atoms with Crippen molar-refractivity contribution in [3.8, 4) is 0 Å². The van der Waals surface area contributed by atoms with E-state index in [0.717, 1.165) is 25.4 Å². The van der Waals surface area contributed by atoms with Gasteiger partial charge in [0.1, 0.15) is 0 Å². The number of amides is 2. The fourth-order valence-electron chi connectivity index (χ4n) is 2.47. The van der Waals surface area contributed by atoms with Crippen molar-refractivity contribution in [1.29, 1.82) is 0 Å². The number of thioether (sulfide) groups is 1. The molecule has 0 saturated carbocycles. The number of carbonyl (C=O) groups excluding carboxylic acids is 2. The van der Waals surface area contributed by atoms with Crippen molar-refractivity contribution in [3.63, 3.8) is 0 Å². The Morgan fingerprint density at radius 3 is 2.62 bits per heavy atom. The average molecular weight is 372 g/mol. The van der Waals surface area contributed by atoms with Gasteiger partial charge >= 0.3 is 12.0 Å². The summed E-state index contributed by atoms with van der Waals surface area (Å²) < 4.78 is 4.68. The van der Waals surface area contributed by atoms with E-state index in [4.69, 9.17) is 11.6 Å². The van der Waals surface area contributed by atoms with Crippen LogP contribution in [-0.2, 0) is 4.74 Å². The molecular weight excluding hydrogens is 350 g/mol. The van der Waals surface area contributed by atoms with Crippen LogP contribution >= 0.6 is 23.4 Å². The molecule has 1 saturated heterocycles. The summed E-state index contributed by atoms with van der Waals surface area (Å²) in [7, 11) is 1.29. The number of anilines is 1. The third-order valence-corrected chi connectivity index (χ3v) is 4.81. The zero-order chi connectivity index (χ0) is 17.5.